The lowest BCUT2D eigenvalue weighted by Gasteiger charge is -2.43. The minimum Gasteiger partial charge on any atom is -0.459 e. The van der Waals surface area contributed by atoms with E-state index in [0.29, 0.717) is 12.2 Å². The van der Waals surface area contributed by atoms with Crippen LogP contribution < -0.4 is 5.32 Å². The maximum absolute atomic E-state index is 12.3. The van der Waals surface area contributed by atoms with Gasteiger partial charge < -0.3 is 19.9 Å². The van der Waals surface area contributed by atoms with E-state index in [9.17, 15) is 14.7 Å². The molecule has 3 aliphatic rings. The second-order valence-corrected chi connectivity index (χ2v) is 8.67. The highest BCUT2D eigenvalue weighted by molar-refractivity contribution is 8.14. The van der Waals surface area contributed by atoms with Crippen molar-refractivity contribution in [1.82, 2.24) is 5.32 Å². The molecule has 0 saturated carbocycles. The number of aliphatic hydroxyl groups is 1. The zero-order chi connectivity index (χ0) is 18.6. The number of hydrogen-bond acceptors (Lipinski definition) is 6. The summed E-state index contributed by atoms with van der Waals surface area (Å²) in [5, 5.41) is 13.7. The molecule has 0 aromatic heterocycles. The molecule has 2 bridgehead atoms. The molecule has 1 amide bonds. The van der Waals surface area contributed by atoms with Crippen LogP contribution in [0, 0.1) is 0 Å². The number of carbonyl (C=O) groups is 2. The Morgan fingerprint density at radius 2 is 1.96 bits per heavy atom. The molecular formula is C19H29NO5S. The SMILES string of the molecule is C/C1=C/C(=O)OC2C[C@@H](CCCCCCC1)OC(O)(C1CSC(=O)N1)C2. The van der Waals surface area contributed by atoms with Crippen LogP contribution in [0.1, 0.15) is 64.7 Å². The average molecular weight is 384 g/mol. The Hall–Kier alpha value is -1.05. The normalized spacial score (nSPS) is 39.3. The van der Waals surface area contributed by atoms with Gasteiger partial charge in [-0.15, -0.1) is 0 Å². The Labute approximate surface area is 159 Å². The second kappa shape index (κ2) is 8.76. The first-order valence-electron chi connectivity index (χ1n) is 9.66. The van der Waals surface area contributed by atoms with E-state index in [1.54, 1.807) is 6.08 Å². The number of esters is 1. The van der Waals surface area contributed by atoms with Gasteiger partial charge in [0.1, 0.15) is 6.10 Å². The number of nitrogens with one attached hydrogen (secondary N) is 1. The number of thioether (sulfide) groups is 1. The van der Waals surface area contributed by atoms with Crippen molar-refractivity contribution in [1.29, 1.82) is 0 Å². The van der Waals surface area contributed by atoms with Gasteiger partial charge >= 0.3 is 5.97 Å². The lowest BCUT2D eigenvalue weighted by Crippen LogP contribution is -2.58. The minimum atomic E-state index is -1.48. The van der Waals surface area contributed by atoms with Crippen molar-refractivity contribution in [2.75, 3.05) is 5.75 Å². The zero-order valence-electron chi connectivity index (χ0n) is 15.4. The third kappa shape index (κ3) is 5.24. The Bertz CT molecular complexity index is 566. The molecule has 3 aliphatic heterocycles. The Balaban J connectivity index is 1.74. The van der Waals surface area contributed by atoms with E-state index in [4.69, 9.17) is 9.47 Å². The monoisotopic (exact) mass is 383 g/mol. The first kappa shape index (κ1) is 19.7. The summed E-state index contributed by atoms with van der Waals surface area (Å²) in [6.07, 6.45) is 9.13. The molecule has 4 atom stereocenters. The van der Waals surface area contributed by atoms with E-state index in [0.717, 1.165) is 55.9 Å². The third-order valence-electron chi connectivity index (χ3n) is 5.38. The molecule has 2 saturated heterocycles. The van der Waals surface area contributed by atoms with Crippen LogP contribution in [-0.4, -0.2) is 46.1 Å². The molecule has 7 heteroatoms. The predicted molar refractivity (Wildman–Crippen MR) is 99.8 cm³/mol. The zero-order valence-corrected chi connectivity index (χ0v) is 16.2. The van der Waals surface area contributed by atoms with E-state index in [1.165, 1.54) is 6.42 Å². The third-order valence-corrected chi connectivity index (χ3v) is 6.26. The molecule has 3 heterocycles. The quantitative estimate of drug-likeness (QED) is 0.676. The summed E-state index contributed by atoms with van der Waals surface area (Å²) in [7, 11) is 0. The van der Waals surface area contributed by atoms with Crippen molar-refractivity contribution < 1.29 is 24.2 Å². The van der Waals surface area contributed by atoms with E-state index < -0.39 is 17.9 Å². The second-order valence-electron chi connectivity index (χ2n) is 7.68. The van der Waals surface area contributed by atoms with Gasteiger partial charge in [-0.3, -0.25) is 4.79 Å². The van der Waals surface area contributed by atoms with Gasteiger partial charge in [0.2, 0.25) is 0 Å². The molecule has 0 radical (unpaired) electrons. The van der Waals surface area contributed by atoms with Crippen molar-refractivity contribution in [3.8, 4) is 0 Å². The summed E-state index contributed by atoms with van der Waals surface area (Å²) >= 11 is 1.15. The van der Waals surface area contributed by atoms with E-state index in [2.05, 4.69) is 5.32 Å². The number of ether oxygens (including phenoxy) is 2. The molecule has 2 N–H and O–H groups in total. The summed E-state index contributed by atoms with van der Waals surface area (Å²) in [5.74, 6) is -1.37. The minimum absolute atomic E-state index is 0.150. The Kier molecular flexibility index (Phi) is 6.64. The average Bonchev–Trinajstić information content (AvgIpc) is 3.00. The van der Waals surface area contributed by atoms with Crippen LogP contribution in [0.3, 0.4) is 0 Å². The summed E-state index contributed by atoms with van der Waals surface area (Å²) in [6, 6.07) is -0.472. The fourth-order valence-electron chi connectivity index (χ4n) is 3.98. The molecule has 3 rings (SSSR count). The highest BCUT2D eigenvalue weighted by Crippen LogP contribution is 2.36. The van der Waals surface area contributed by atoms with Crippen molar-refractivity contribution in [2.45, 2.75) is 88.7 Å². The molecule has 146 valence electrons. The van der Waals surface area contributed by atoms with Crippen molar-refractivity contribution in [3.63, 3.8) is 0 Å². The largest absolute Gasteiger partial charge is 0.459 e. The number of amides is 1. The van der Waals surface area contributed by atoms with E-state index in [1.807, 2.05) is 6.92 Å². The summed E-state index contributed by atoms with van der Waals surface area (Å²) in [4.78, 5) is 23.8. The maximum Gasteiger partial charge on any atom is 0.330 e. The predicted octanol–water partition coefficient (Wildman–Crippen LogP) is 3.28. The number of allylic oxidation sites excluding steroid dienone is 1. The standard InChI is InChI=1S/C19H29NO5S/c1-13-7-5-3-2-4-6-8-14-10-15(24-17(21)9-13)11-19(23,25-14)16-12-26-18(22)20-16/h9,14-16,23H,2-8,10-12H2,1H3,(H,20,22)/b13-9-/t14-,15?,16?,19?/m1/s1. The Morgan fingerprint density at radius 1 is 1.19 bits per heavy atom. The van der Waals surface area contributed by atoms with Gasteiger partial charge in [-0.1, -0.05) is 43.0 Å². The van der Waals surface area contributed by atoms with Gasteiger partial charge in [0, 0.05) is 24.7 Å². The molecular weight excluding hydrogens is 354 g/mol. The summed E-state index contributed by atoms with van der Waals surface area (Å²) in [6.45, 7) is 1.96. The molecule has 26 heavy (non-hydrogen) atoms. The van der Waals surface area contributed by atoms with Crippen LogP contribution in [0.15, 0.2) is 11.6 Å². The van der Waals surface area contributed by atoms with E-state index >= 15 is 0 Å². The number of carbonyl (C=O) groups excluding carboxylic acids is 2. The molecule has 0 aromatic carbocycles. The van der Waals surface area contributed by atoms with Crippen molar-refractivity contribution in [3.05, 3.63) is 11.6 Å². The fourth-order valence-corrected chi connectivity index (χ4v) is 4.87. The van der Waals surface area contributed by atoms with Crippen LogP contribution in [-0.2, 0) is 14.3 Å². The highest BCUT2D eigenvalue weighted by atomic mass is 32.2. The van der Waals surface area contributed by atoms with Crippen LogP contribution in [0.5, 0.6) is 0 Å². The number of hydrogen-bond donors (Lipinski definition) is 2. The highest BCUT2D eigenvalue weighted by Gasteiger charge is 2.49. The molecule has 0 spiro atoms. The smallest absolute Gasteiger partial charge is 0.330 e. The summed E-state index contributed by atoms with van der Waals surface area (Å²) in [5.41, 5.74) is 1.03. The molecule has 0 aromatic rings. The first-order valence-corrected chi connectivity index (χ1v) is 10.6. The molecule has 0 aliphatic carbocycles. The van der Waals surface area contributed by atoms with Crippen LogP contribution in [0.25, 0.3) is 0 Å². The van der Waals surface area contributed by atoms with Crippen LogP contribution >= 0.6 is 11.8 Å². The molecule has 6 nitrogen and oxygen atoms in total. The van der Waals surface area contributed by atoms with Crippen molar-refractivity contribution in [2.24, 2.45) is 0 Å². The van der Waals surface area contributed by atoms with Gasteiger partial charge in [-0.25, -0.2) is 4.79 Å². The Morgan fingerprint density at radius 3 is 2.73 bits per heavy atom. The maximum atomic E-state index is 12.3. The van der Waals surface area contributed by atoms with Gasteiger partial charge in [0.15, 0.2) is 5.79 Å². The topological polar surface area (TPSA) is 84.9 Å². The van der Waals surface area contributed by atoms with Gasteiger partial charge in [0.25, 0.3) is 5.24 Å². The van der Waals surface area contributed by atoms with Crippen LogP contribution in [0.2, 0.25) is 0 Å². The van der Waals surface area contributed by atoms with Gasteiger partial charge in [-0.05, 0) is 26.2 Å². The van der Waals surface area contributed by atoms with Gasteiger partial charge in [0.05, 0.1) is 12.1 Å². The summed E-state index contributed by atoms with van der Waals surface area (Å²) < 4.78 is 11.7. The lowest BCUT2D eigenvalue weighted by molar-refractivity contribution is -0.283. The first-order chi connectivity index (χ1) is 12.4. The number of rotatable bonds is 1. The molecule has 3 unspecified atom stereocenters. The van der Waals surface area contributed by atoms with Gasteiger partial charge in [-0.2, -0.15) is 0 Å². The lowest BCUT2D eigenvalue weighted by atomic mass is 9.91. The van der Waals surface area contributed by atoms with Crippen LogP contribution in [0.4, 0.5) is 4.79 Å². The fraction of sp³-hybridized carbons (Fsp3) is 0.789. The number of fused-ring (bicyclic) bond motifs is 2. The molecule has 2 fully saturated rings. The van der Waals surface area contributed by atoms with E-state index in [-0.39, 0.29) is 23.7 Å². The van der Waals surface area contributed by atoms with Crippen molar-refractivity contribution >= 4 is 23.0 Å².